The van der Waals surface area contributed by atoms with Crippen LogP contribution >= 0.6 is 0 Å². The van der Waals surface area contributed by atoms with E-state index in [0.29, 0.717) is 11.1 Å². The van der Waals surface area contributed by atoms with E-state index in [0.717, 1.165) is 5.56 Å². The van der Waals surface area contributed by atoms with Crippen LogP contribution in [0.2, 0.25) is 0 Å². The molecule has 0 bridgehead atoms. The van der Waals surface area contributed by atoms with Gasteiger partial charge in [-0.2, -0.15) is 0 Å². The van der Waals surface area contributed by atoms with E-state index in [1.807, 2.05) is 0 Å². The van der Waals surface area contributed by atoms with E-state index in [9.17, 15) is 14.7 Å². The molecule has 1 heterocycles. The number of nitrogens with one attached hydrogen (secondary N) is 2. The van der Waals surface area contributed by atoms with Crippen molar-refractivity contribution in [2.45, 2.75) is 25.9 Å². The molecule has 6 heteroatoms. The van der Waals surface area contributed by atoms with E-state index in [-0.39, 0.29) is 18.9 Å². The van der Waals surface area contributed by atoms with E-state index in [2.05, 4.69) is 10.3 Å². The van der Waals surface area contributed by atoms with Gasteiger partial charge >= 0.3 is 5.76 Å². The molecule has 0 atom stereocenters. The van der Waals surface area contributed by atoms with Gasteiger partial charge in [-0.25, -0.2) is 4.79 Å². The van der Waals surface area contributed by atoms with Gasteiger partial charge in [0, 0.05) is 6.54 Å². The first-order chi connectivity index (χ1) is 8.83. The lowest BCUT2D eigenvalue weighted by atomic mass is 10.1. The van der Waals surface area contributed by atoms with E-state index in [1.165, 1.54) is 0 Å². The third-order valence-corrected chi connectivity index (χ3v) is 2.57. The van der Waals surface area contributed by atoms with Crippen molar-refractivity contribution < 1.29 is 14.3 Å². The molecular weight excluding hydrogens is 248 g/mol. The van der Waals surface area contributed by atoms with Crippen LogP contribution in [0.1, 0.15) is 19.4 Å². The molecule has 0 saturated carbocycles. The van der Waals surface area contributed by atoms with Crippen LogP contribution in [0, 0.1) is 0 Å². The predicted octanol–water partition coefficient (Wildman–Crippen LogP) is 0.551. The second kappa shape index (κ2) is 4.89. The summed E-state index contributed by atoms with van der Waals surface area (Å²) < 4.78 is 4.88. The summed E-state index contributed by atoms with van der Waals surface area (Å²) in [6.07, 6.45) is 0.180. The summed E-state index contributed by atoms with van der Waals surface area (Å²) in [4.78, 5) is 25.2. The Hall–Kier alpha value is -2.08. The minimum atomic E-state index is -0.935. The van der Waals surface area contributed by atoms with Crippen molar-refractivity contribution in [2.24, 2.45) is 0 Å². The fourth-order valence-electron chi connectivity index (χ4n) is 1.67. The van der Waals surface area contributed by atoms with E-state index in [4.69, 9.17) is 4.42 Å². The number of amides is 1. The number of hydrogen-bond donors (Lipinski definition) is 3. The minimum Gasteiger partial charge on any atom is -0.408 e. The molecule has 1 aromatic heterocycles. The first-order valence-corrected chi connectivity index (χ1v) is 5.94. The summed E-state index contributed by atoms with van der Waals surface area (Å²) in [5, 5.41) is 12.1. The predicted molar refractivity (Wildman–Crippen MR) is 69.8 cm³/mol. The first kappa shape index (κ1) is 13.4. The number of aromatic nitrogens is 1. The molecule has 0 aliphatic rings. The molecule has 102 valence electrons. The number of fused-ring (bicyclic) bond motifs is 1. The van der Waals surface area contributed by atoms with Gasteiger partial charge in [0.25, 0.3) is 0 Å². The highest BCUT2D eigenvalue weighted by molar-refractivity contribution is 5.80. The monoisotopic (exact) mass is 264 g/mol. The summed E-state index contributed by atoms with van der Waals surface area (Å²) in [6.45, 7) is 3.43. The van der Waals surface area contributed by atoms with E-state index < -0.39 is 11.4 Å². The molecule has 0 fully saturated rings. The number of carbonyl (C=O) groups excluding carboxylic acids is 1. The Labute approximate surface area is 109 Å². The molecule has 6 nitrogen and oxygen atoms in total. The van der Waals surface area contributed by atoms with Crippen LogP contribution in [0.4, 0.5) is 0 Å². The zero-order chi connectivity index (χ0) is 14.0. The summed E-state index contributed by atoms with van der Waals surface area (Å²) in [5.74, 6) is -0.703. The molecule has 0 unspecified atom stereocenters. The van der Waals surface area contributed by atoms with Crippen LogP contribution in [-0.4, -0.2) is 28.1 Å². The number of carbonyl (C=O) groups is 1. The number of aromatic amines is 1. The van der Waals surface area contributed by atoms with Crippen molar-refractivity contribution in [3.8, 4) is 0 Å². The Morgan fingerprint density at radius 3 is 2.89 bits per heavy atom. The number of aliphatic hydroxyl groups is 1. The van der Waals surface area contributed by atoms with Crippen molar-refractivity contribution in [1.82, 2.24) is 10.3 Å². The number of rotatable bonds is 4. The van der Waals surface area contributed by atoms with Gasteiger partial charge in [0.1, 0.15) is 0 Å². The largest absolute Gasteiger partial charge is 0.417 e. The Morgan fingerprint density at radius 2 is 2.21 bits per heavy atom. The van der Waals surface area contributed by atoms with Crippen molar-refractivity contribution in [3.05, 3.63) is 34.3 Å². The average molecular weight is 264 g/mol. The Balaban J connectivity index is 2.04. The highest BCUT2D eigenvalue weighted by atomic mass is 16.4. The molecule has 0 spiro atoms. The average Bonchev–Trinajstić information content (AvgIpc) is 2.65. The van der Waals surface area contributed by atoms with E-state index >= 15 is 0 Å². The molecule has 2 aromatic rings. The fraction of sp³-hybridized carbons (Fsp3) is 0.385. The SMILES string of the molecule is CC(C)(O)CNC(=O)Cc1ccc2oc(=O)[nH]c2c1. The minimum absolute atomic E-state index is 0.180. The molecule has 0 radical (unpaired) electrons. The number of hydrogen-bond acceptors (Lipinski definition) is 4. The summed E-state index contributed by atoms with van der Waals surface area (Å²) in [5.41, 5.74) is 0.858. The molecule has 0 aliphatic heterocycles. The third kappa shape index (κ3) is 3.69. The number of oxazole rings is 1. The van der Waals surface area contributed by atoms with Gasteiger partial charge in [-0.15, -0.1) is 0 Å². The number of H-pyrrole nitrogens is 1. The zero-order valence-corrected chi connectivity index (χ0v) is 10.8. The fourth-order valence-corrected chi connectivity index (χ4v) is 1.67. The Kier molecular flexibility index (Phi) is 3.44. The topological polar surface area (TPSA) is 95.3 Å². The standard InChI is InChI=1S/C13H16N2O4/c1-13(2,18)7-14-11(16)6-8-3-4-10-9(5-8)15-12(17)19-10/h3-5,18H,6-7H2,1-2H3,(H,14,16)(H,15,17). The van der Waals surface area contributed by atoms with Crippen molar-refractivity contribution in [2.75, 3.05) is 6.54 Å². The van der Waals surface area contributed by atoms with Gasteiger partial charge < -0.3 is 14.8 Å². The molecule has 1 amide bonds. The maximum absolute atomic E-state index is 11.7. The molecular formula is C13H16N2O4. The normalized spacial score (nSPS) is 11.7. The summed E-state index contributed by atoms with van der Waals surface area (Å²) >= 11 is 0. The van der Waals surface area contributed by atoms with Crippen LogP contribution in [0.15, 0.2) is 27.4 Å². The summed E-state index contributed by atoms with van der Waals surface area (Å²) in [6, 6.07) is 5.07. The lowest BCUT2D eigenvalue weighted by Crippen LogP contribution is -2.38. The first-order valence-electron chi connectivity index (χ1n) is 5.94. The molecule has 3 N–H and O–H groups in total. The molecule has 19 heavy (non-hydrogen) atoms. The maximum Gasteiger partial charge on any atom is 0.417 e. The van der Waals surface area contributed by atoms with Crippen LogP contribution in [0.3, 0.4) is 0 Å². The second-order valence-corrected chi connectivity index (χ2v) is 5.11. The van der Waals surface area contributed by atoms with E-state index in [1.54, 1.807) is 32.0 Å². The Bertz CT molecular complexity index is 648. The highest BCUT2D eigenvalue weighted by Crippen LogP contribution is 2.12. The quantitative estimate of drug-likeness (QED) is 0.751. The third-order valence-electron chi connectivity index (χ3n) is 2.57. The lowest BCUT2D eigenvalue weighted by molar-refractivity contribution is -0.121. The van der Waals surface area contributed by atoms with Gasteiger partial charge in [-0.1, -0.05) is 6.07 Å². The van der Waals surface area contributed by atoms with Crippen LogP contribution in [-0.2, 0) is 11.2 Å². The van der Waals surface area contributed by atoms with Crippen molar-refractivity contribution >= 4 is 17.0 Å². The lowest BCUT2D eigenvalue weighted by Gasteiger charge is -2.17. The van der Waals surface area contributed by atoms with Crippen molar-refractivity contribution in [1.29, 1.82) is 0 Å². The molecule has 0 saturated heterocycles. The number of benzene rings is 1. The summed E-state index contributed by atoms with van der Waals surface area (Å²) in [7, 11) is 0. The van der Waals surface area contributed by atoms with Gasteiger partial charge in [-0.3, -0.25) is 9.78 Å². The second-order valence-electron chi connectivity index (χ2n) is 5.11. The van der Waals surface area contributed by atoms with Crippen LogP contribution < -0.4 is 11.1 Å². The van der Waals surface area contributed by atoms with Crippen LogP contribution in [0.25, 0.3) is 11.1 Å². The molecule has 2 rings (SSSR count). The van der Waals surface area contributed by atoms with Gasteiger partial charge in [0.15, 0.2) is 5.58 Å². The molecule has 1 aromatic carbocycles. The van der Waals surface area contributed by atoms with Crippen molar-refractivity contribution in [3.63, 3.8) is 0 Å². The smallest absolute Gasteiger partial charge is 0.408 e. The van der Waals surface area contributed by atoms with Gasteiger partial charge in [0.2, 0.25) is 5.91 Å². The molecule has 0 aliphatic carbocycles. The maximum atomic E-state index is 11.7. The van der Waals surface area contributed by atoms with Gasteiger partial charge in [0.05, 0.1) is 17.5 Å². The van der Waals surface area contributed by atoms with Gasteiger partial charge in [-0.05, 0) is 31.5 Å². The highest BCUT2D eigenvalue weighted by Gasteiger charge is 2.14. The zero-order valence-electron chi connectivity index (χ0n) is 10.8. The van der Waals surface area contributed by atoms with Crippen LogP contribution in [0.5, 0.6) is 0 Å². The Morgan fingerprint density at radius 1 is 1.47 bits per heavy atom.